The van der Waals surface area contributed by atoms with Crippen LogP contribution in [0.25, 0.3) is 0 Å². The fourth-order valence-corrected chi connectivity index (χ4v) is 2.62. The number of hydrogen-bond acceptors (Lipinski definition) is 3. The second-order valence-corrected chi connectivity index (χ2v) is 6.55. The van der Waals surface area contributed by atoms with Crippen LogP contribution < -0.4 is 5.56 Å². The molecule has 0 saturated carbocycles. The molecule has 0 aliphatic carbocycles. The molecule has 5 heteroatoms. The molecule has 1 aromatic carbocycles. The Morgan fingerprint density at radius 3 is 2.40 bits per heavy atom. The molecule has 0 fully saturated rings. The summed E-state index contributed by atoms with van der Waals surface area (Å²) in [6.45, 7) is 2.12. The first-order chi connectivity index (χ1) is 12.0. The molecular weight excluding hydrogens is 314 g/mol. The number of benzene rings is 1. The Hall–Kier alpha value is -2.40. The van der Waals surface area contributed by atoms with Gasteiger partial charge in [0, 0.05) is 44.5 Å². The van der Waals surface area contributed by atoms with Gasteiger partial charge < -0.3 is 14.4 Å². The van der Waals surface area contributed by atoms with Crippen LogP contribution in [0.15, 0.2) is 53.5 Å². The number of nitrogens with zero attached hydrogens (tertiary/aromatic N) is 3. The number of carbonyl (C=O) groups excluding carboxylic acids is 1. The second-order valence-electron chi connectivity index (χ2n) is 6.55. The minimum Gasteiger partial charge on any atom is -0.337 e. The Labute approximate surface area is 149 Å². The molecule has 1 amide bonds. The van der Waals surface area contributed by atoms with E-state index in [2.05, 4.69) is 17.0 Å². The predicted octanol–water partition coefficient (Wildman–Crippen LogP) is 2.02. The Kier molecular flexibility index (Phi) is 6.95. The molecule has 0 unspecified atom stereocenters. The lowest BCUT2D eigenvalue weighted by Crippen LogP contribution is -2.38. The van der Waals surface area contributed by atoms with Gasteiger partial charge in [-0.3, -0.25) is 9.59 Å². The number of aromatic nitrogens is 1. The van der Waals surface area contributed by atoms with Crippen LogP contribution in [0.5, 0.6) is 0 Å². The summed E-state index contributed by atoms with van der Waals surface area (Å²) in [5.74, 6) is -0.0763. The second kappa shape index (κ2) is 9.18. The van der Waals surface area contributed by atoms with E-state index in [0.29, 0.717) is 18.7 Å². The van der Waals surface area contributed by atoms with Crippen molar-refractivity contribution in [3.63, 3.8) is 0 Å². The van der Waals surface area contributed by atoms with Crippen LogP contribution in [0, 0.1) is 0 Å². The average Bonchev–Trinajstić information content (AvgIpc) is 2.60. The van der Waals surface area contributed by atoms with Gasteiger partial charge in [-0.05, 0) is 38.6 Å². The third kappa shape index (κ3) is 5.87. The van der Waals surface area contributed by atoms with Crippen LogP contribution >= 0.6 is 0 Å². The van der Waals surface area contributed by atoms with E-state index in [4.69, 9.17) is 0 Å². The van der Waals surface area contributed by atoms with Gasteiger partial charge in [-0.15, -0.1) is 0 Å². The van der Waals surface area contributed by atoms with Gasteiger partial charge in [0.2, 0.25) is 0 Å². The number of likely N-dealkylation sites (N-methyl/N-ethyl adjacent to an activating group) is 1. The minimum atomic E-state index is -0.164. The van der Waals surface area contributed by atoms with Crippen molar-refractivity contribution in [2.75, 3.05) is 33.7 Å². The third-order valence-electron chi connectivity index (χ3n) is 4.19. The number of amides is 1. The summed E-state index contributed by atoms with van der Waals surface area (Å²) >= 11 is 0. The zero-order valence-corrected chi connectivity index (χ0v) is 15.3. The number of hydrogen-bond donors (Lipinski definition) is 0. The fourth-order valence-electron chi connectivity index (χ4n) is 2.62. The van der Waals surface area contributed by atoms with Gasteiger partial charge in [-0.25, -0.2) is 0 Å². The molecule has 25 heavy (non-hydrogen) atoms. The summed E-state index contributed by atoms with van der Waals surface area (Å²) in [6.07, 6.45) is 3.47. The molecule has 0 aliphatic rings. The lowest BCUT2D eigenvalue weighted by Gasteiger charge is -2.24. The number of aryl methyl sites for hydroxylation is 2. The van der Waals surface area contributed by atoms with Crippen molar-refractivity contribution in [1.82, 2.24) is 14.4 Å². The molecule has 2 rings (SSSR count). The minimum absolute atomic E-state index is 0.0763. The summed E-state index contributed by atoms with van der Waals surface area (Å²) < 4.78 is 1.47. The molecular formula is C20H27N3O2. The summed E-state index contributed by atoms with van der Waals surface area (Å²) in [5.41, 5.74) is 1.57. The predicted molar refractivity (Wildman–Crippen MR) is 101 cm³/mol. The number of carbonyl (C=O) groups is 1. The Morgan fingerprint density at radius 2 is 1.76 bits per heavy atom. The molecule has 1 aromatic heterocycles. The molecule has 0 radical (unpaired) electrons. The van der Waals surface area contributed by atoms with Gasteiger partial charge in [0.15, 0.2) is 0 Å². The van der Waals surface area contributed by atoms with Crippen LogP contribution in [0.1, 0.15) is 22.3 Å². The molecule has 134 valence electrons. The molecule has 0 saturated heterocycles. The van der Waals surface area contributed by atoms with Gasteiger partial charge in [0.25, 0.3) is 11.5 Å². The van der Waals surface area contributed by atoms with Crippen LogP contribution in [-0.4, -0.2) is 54.0 Å². The van der Waals surface area contributed by atoms with Crippen molar-refractivity contribution in [3.05, 3.63) is 70.1 Å². The Balaban J connectivity index is 2.04. The van der Waals surface area contributed by atoms with E-state index in [9.17, 15) is 9.59 Å². The molecule has 0 atom stereocenters. The average molecular weight is 341 g/mol. The molecule has 0 N–H and O–H groups in total. The van der Waals surface area contributed by atoms with Gasteiger partial charge in [-0.1, -0.05) is 30.3 Å². The van der Waals surface area contributed by atoms with Crippen molar-refractivity contribution in [2.45, 2.75) is 12.8 Å². The maximum atomic E-state index is 12.8. The van der Waals surface area contributed by atoms with E-state index in [1.807, 2.05) is 37.2 Å². The number of rotatable bonds is 8. The van der Waals surface area contributed by atoms with Gasteiger partial charge in [0.1, 0.15) is 0 Å². The lowest BCUT2D eigenvalue weighted by atomic mass is 10.1. The Morgan fingerprint density at radius 1 is 1.04 bits per heavy atom. The smallest absolute Gasteiger partial charge is 0.254 e. The number of pyridine rings is 1. The highest BCUT2D eigenvalue weighted by Gasteiger charge is 2.16. The van der Waals surface area contributed by atoms with Crippen molar-refractivity contribution in [1.29, 1.82) is 0 Å². The highest BCUT2D eigenvalue weighted by Crippen LogP contribution is 2.07. The van der Waals surface area contributed by atoms with E-state index in [1.165, 1.54) is 16.2 Å². The van der Waals surface area contributed by atoms with Crippen LogP contribution in [-0.2, 0) is 13.5 Å². The van der Waals surface area contributed by atoms with E-state index >= 15 is 0 Å². The monoisotopic (exact) mass is 341 g/mol. The highest BCUT2D eigenvalue weighted by molar-refractivity contribution is 5.94. The first-order valence-electron chi connectivity index (χ1n) is 8.62. The van der Waals surface area contributed by atoms with E-state index in [0.717, 1.165) is 19.4 Å². The summed E-state index contributed by atoms with van der Waals surface area (Å²) in [6, 6.07) is 13.4. The topological polar surface area (TPSA) is 45.5 Å². The molecule has 1 heterocycles. The largest absolute Gasteiger partial charge is 0.337 e. The zero-order chi connectivity index (χ0) is 18.2. The third-order valence-corrected chi connectivity index (χ3v) is 4.19. The molecule has 0 bridgehead atoms. The maximum absolute atomic E-state index is 12.8. The Bertz CT molecular complexity index is 738. The normalized spacial score (nSPS) is 10.9. The maximum Gasteiger partial charge on any atom is 0.254 e. The van der Waals surface area contributed by atoms with Gasteiger partial charge in [-0.2, -0.15) is 0 Å². The zero-order valence-electron chi connectivity index (χ0n) is 15.3. The quantitative estimate of drug-likeness (QED) is 0.738. The van der Waals surface area contributed by atoms with Crippen molar-refractivity contribution in [3.8, 4) is 0 Å². The van der Waals surface area contributed by atoms with E-state index < -0.39 is 0 Å². The van der Waals surface area contributed by atoms with Crippen LogP contribution in [0.2, 0.25) is 0 Å². The summed E-state index contributed by atoms with van der Waals surface area (Å²) in [4.78, 5) is 28.5. The molecule has 5 nitrogen and oxygen atoms in total. The molecule has 0 spiro atoms. The van der Waals surface area contributed by atoms with E-state index in [-0.39, 0.29) is 11.5 Å². The van der Waals surface area contributed by atoms with Crippen LogP contribution in [0.3, 0.4) is 0 Å². The molecule has 0 aliphatic heterocycles. The lowest BCUT2D eigenvalue weighted by molar-refractivity contribution is 0.0742. The first kappa shape index (κ1) is 18.9. The summed E-state index contributed by atoms with van der Waals surface area (Å²) in [7, 11) is 5.66. The van der Waals surface area contributed by atoms with Crippen molar-refractivity contribution in [2.24, 2.45) is 7.05 Å². The standard InChI is InChI=1S/C20H27N3O2/c1-21(2)14-15-23(12-7-10-17-8-5-4-6-9-17)20(25)18-11-13-22(3)19(24)16-18/h4-6,8-9,11,13,16H,7,10,12,14-15H2,1-3H3. The first-order valence-corrected chi connectivity index (χ1v) is 8.62. The van der Waals surface area contributed by atoms with Crippen LogP contribution in [0.4, 0.5) is 0 Å². The van der Waals surface area contributed by atoms with Crippen molar-refractivity contribution < 1.29 is 4.79 Å². The van der Waals surface area contributed by atoms with E-state index in [1.54, 1.807) is 19.3 Å². The fraction of sp³-hybridized carbons (Fsp3) is 0.400. The van der Waals surface area contributed by atoms with Crippen molar-refractivity contribution >= 4 is 5.91 Å². The van der Waals surface area contributed by atoms with Gasteiger partial charge in [0.05, 0.1) is 0 Å². The summed E-state index contributed by atoms with van der Waals surface area (Å²) in [5, 5.41) is 0. The highest BCUT2D eigenvalue weighted by atomic mass is 16.2. The van der Waals surface area contributed by atoms with Gasteiger partial charge >= 0.3 is 0 Å². The SMILES string of the molecule is CN(C)CCN(CCCc1ccccc1)C(=O)c1ccn(C)c(=O)c1. The molecule has 2 aromatic rings.